The number of benzene rings is 1. The quantitative estimate of drug-likeness (QED) is 0.796. The van der Waals surface area contributed by atoms with Crippen LogP contribution in [0.5, 0.6) is 5.75 Å². The summed E-state index contributed by atoms with van der Waals surface area (Å²) < 4.78 is 5.32. The molecule has 0 aliphatic carbocycles. The fourth-order valence-electron chi connectivity index (χ4n) is 1.29. The predicted molar refractivity (Wildman–Crippen MR) is 60.0 cm³/mol. The van der Waals surface area contributed by atoms with Gasteiger partial charge in [-0.05, 0) is 38.0 Å². The van der Waals surface area contributed by atoms with E-state index in [2.05, 4.69) is 0 Å². The monoisotopic (exact) mass is 207 g/mol. The van der Waals surface area contributed by atoms with Crippen LogP contribution in [0.25, 0.3) is 0 Å². The van der Waals surface area contributed by atoms with Crippen molar-refractivity contribution in [1.29, 1.82) is 0 Å². The summed E-state index contributed by atoms with van der Waals surface area (Å²) in [4.78, 5) is 11.0. The first-order valence-corrected chi connectivity index (χ1v) is 5.11. The van der Waals surface area contributed by atoms with Gasteiger partial charge in [0.2, 0.25) is 0 Å². The Kier molecular flexibility index (Phi) is 4.31. The molecule has 0 bridgehead atoms. The van der Waals surface area contributed by atoms with Crippen molar-refractivity contribution in [3.63, 3.8) is 0 Å². The second-order valence-corrected chi connectivity index (χ2v) is 3.50. The summed E-state index contributed by atoms with van der Waals surface area (Å²) in [7, 11) is 0. The molecule has 82 valence electrons. The van der Waals surface area contributed by atoms with Gasteiger partial charge in [-0.25, -0.2) is 0 Å². The molecule has 0 saturated heterocycles. The molecule has 15 heavy (non-hydrogen) atoms. The molecule has 1 atom stereocenters. The van der Waals surface area contributed by atoms with Gasteiger partial charge in [0.05, 0.1) is 12.6 Å². The Morgan fingerprint density at radius 2 is 2.00 bits per heavy atom. The van der Waals surface area contributed by atoms with Crippen molar-refractivity contribution in [3.05, 3.63) is 29.8 Å². The van der Waals surface area contributed by atoms with E-state index in [1.54, 1.807) is 0 Å². The Bertz CT molecular complexity index is 319. The molecule has 0 aliphatic rings. The van der Waals surface area contributed by atoms with Gasteiger partial charge in [0.15, 0.2) is 0 Å². The third-order valence-corrected chi connectivity index (χ3v) is 2.21. The minimum Gasteiger partial charge on any atom is -0.494 e. The SMILES string of the molecule is CCOc1ccc(CC(N)C(C)=O)cc1. The van der Waals surface area contributed by atoms with Gasteiger partial charge in [0.25, 0.3) is 0 Å². The average molecular weight is 207 g/mol. The van der Waals surface area contributed by atoms with Crippen LogP contribution < -0.4 is 10.5 Å². The molecule has 1 aromatic carbocycles. The zero-order valence-electron chi connectivity index (χ0n) is 9.19. The second kappa shape index (κ2) is 5.51. The number of ether oxygens (including phenoxy) is 1. The minimum atomic E-state index is -0.400. The highest BCUT2D eigenvalue weighted by Gasteiger charge is 2.08. The summed E-state index contributed by atoms with van der Waals surface area (Å²) >= 11 is 0. The Labute approximate surface area is 90.2 Å². The Balaban J connectivity index is 2.60. The number of nitrogens with two attached hydrogens (primary N) is 1. The van der Waals surface area contributed by atoms with Crippen LogP contribution in [0.4, 0.5) is 0 Å². The minimum absolute atomic E-state index is 0.0175. The maximum Gasteiger partial charge on any atom is 0.146 e. The average Bonchev–Trinajstić information content (AvgIpc) is 2.21. The maximum atomic E-state index is 11.0. The van der Waals surface area contributed by atoms with E-state index in [4.69, 9.17) is 10.5 Å². The molecule has 1 rings (SSSR count). The molecule has 2 N–H and O–H groups in total. The Hall–Kier alpha value is -1.35. The van der Waals surface area contributed by atoms with Crippen LogP contribution in [0.2, 0.25) is 0 Å². The fourth-order valence-corrected chi connectivity index (χ4v) is 1.29. The molecule has 0 radical (unpaired) electrons. The van der Waals surface area contributed by atoms with Crippen molar-refractivity contribution in [1.82, 2.24) is 0 Å². The number of carbonyl (C=O) groups excluding carboxylic acids is 1. The van der Waals surface area contributed by atoms with Crippen molar-refractivity contribution in [2.45, 2.75) is 26.3 Å². The number of hydrogen-bond donors (Lipinski definition) is 1. The van der Waals surface area contributed by atoms with Gasteiger partial charge >= 0.3 is 0 Å². The van der Waals surface area contributed by atoms with Gasteiger partial charge in [-0.2, -0.15) is 0 Å². The first-order chi connectivity index (χ1) is 7.13. The zero-order valence-corrected chi connectivity index (χ0v) is 9.19. The van der Waals surface area contributed by atoms with Crippen molar-refractivity contribution >= 4 is 5.78 Å². The van der Waals surface area contributed by atoms with Crippen molar-refractivity contribution < 1.29 is 9.53 Å². The Morgan fingerprint density at radius 3 is 2.47 bits per heavy atom. The van der Waals surface area contributed by atoms with Crippen LogP contribution in [0, 0.1) is 0 Å². The summed E-state index contributed by atoms with van der Waals surface area (Å²) in [6.07, 6.45) is 0.585. The molecule has 0 heterocycles. The lowest BCUT2D eigenvalue weighted by molar-refractivity contribution is -0.118. The van der Waals surface area contributed by atoms with E-state index >= 15 is 0 Å². The summed E-state index contributed by atoms with van der Waals surface area (Å²) in [5.41, 5.74) is 6.72. The van der Waals surface area contributed by atoms with Gasteiger partial charge in [-0.1, -0.05) is 12.1 Å². The van der Waals surface area contributed by atoms with Crippen LogP contribution in [0.15, 0.2) is 24.3 Å². The van der Waals surface area contributed by atoms with Crippen LogP contribution in [-0.4, -0.2) is 18.4 Å². The van der Waals surface area contributed by atoms with Crippen LogP contribution in [0.3, 0.4) is 0 Å². The highest BCUT2D eigenvalue weighted by atomic mass is 16.5. The molecule has 1 unspecified atom stereocenters. The highest BCUT2D eigenvalue weighted by molar-refractivity contribution is 5.81. The van der Waals surface area contributed by atoms with Gasteiger partial charge in [0.1, 0.15) is 11.5 Å². The van der Waals surface area contributed by atoms with E-state index in [9.17, 15) is 4.79 Å². The van der Waals surface area contributed by atoms with Gasteiger partial charge < -0.3 is 10.5 Å². The lowest BCUT2D eigenvalue weighted by atomic mass is 10.0. The third kappa shape index (κ3) is 3.72. The van der Waals surface area contributed by atoms with Crippen molar-refractivity contribution in [2.24, 2.45) is 5.73 Å². The summed E-state index contributed by atoms with van der Waals surface area (Å²) in [5.74, 6) is 0.863. The number of hydrogen-bond acceptors (Lipinski definition) is 3. The summed E-state index contributed by atoms with van der Waals surface area (Å²) in [6, 6.07) is 7.27. The summed E-state index contributed by atoms with van der Waals surface area (Å²) in [6.45, 7) is 4.12. The first kappa shape index (κ1) is 11.7. The second-order valence-electron chi connectivity index (χ2n) is 3.50. The smallest absolute Gasteiger partial charge is 0.146 e. The number of rotatable bonds is 5. The normalized spacial score (nSPS) is 12.2. The third-order valence-electron chi connectivity index (χ3n) is 2.21. The molecule has 3 nitrogen and oxygen atoms in total. The van der Waals surface area contributed by atoms with E-state index in [1.807, 2.05) is 31.2 Å². The number of ketones is 1. The largest absolute Gasteiger partial charge is 0.494 e. The molecule has 0 saturated carbocycles. The number of carbonyl (C=O) groups is 1. The molecule has 1 aromatic rings. The molecule has 0 aliphatic heterocycles. The Morgan fingerprint density at radius 1 is 1.40 bits per heavy atom. The lowest BCUT2D eigenvalue weighted by Crippen LogP contribution is -2.30. The molecule has 0 amide bonds. The van der Waals surface area contributed by atoms with Crippen LogP contribution in [0.1, 0.15) is 19.4 Å². The highest BCUT2D eigenvalue weighted by Crippen LogP contribution is 2.13. The van der Waals surface area contributed by atoms with Gasteiger partial charge in [-0.15, -0.1) is 0 Å². The molecular formula is C12H17NO2. The fraction of sp³-hybridized carbons (Fsp3) is 0.417. The zero-order chi connectivity index (χ0) is 11.3. The van der Waals surface area contributed by atoms with E-state index in [-0.39, 0.29) is 5.78 Å². The summed E-state index contributed by atoms with van der Waals surface area (Å²) in [5, 5.41) is 0. The van der Waals surface area contributed by atoms with Crippen LogP contribution >= 0.6 is 0 Å². The topological polar surface area (TPSA) is 52.3 Å². The van der Waals surface area contributed by atoms with E-state index in [0.717, 1.165) is 11.3 Å². The maximum absolute atomic E-state index is 11.0. The predicted octanol–water partition coefficient (Wildman–Crippen LogP) is 1.54. The first-order valence-electron chi connectivity index (χ1n) is 5.11. The van der Waals surface area contributed by atoms with Gasteiger partial charge in [0, 0.05) is 0 Å². The van der Waals surface area contributed by atoms with E-state index in [1.165, 1.54) is 6.92 Å². The van der Waals surface area contributed by atoms with Crippen LogP contribution in [-0.2, 0) is 11.2 Å². The van der Waals surface area contributed by atoms with Crippen molar-refractivity contribution in [2.75, 3.05) is 6.61 Å². The van der Waals surface area contributed by atoms with E-state index in [0.29, 0.717) is 13.0 Å². The van der Waals surface area contributed by atoms with Gasteiger partial charge in [-0.3, -0.25) is 4.79 Å². The van der Waals surface area contributed by atoms with E-state index < -0.39 is 6.04 Å². The van der Waals surface area contributed by atoms with Crippen molar-refractivity contribution in [3.8, 4) is 5.75 Å². The molecular weight excluding hydrogens is 190 g/mol. The lowest BCUT2D eigenvalue weighted by Gasteiger charge is -2.08. The standard InChI is InChI=1S/C12H17NO2/c1-3-15-11-6-4-10(5-7-11)8-12(13)9(2)14/h4-7,12H,3,8,13H2,1-2H3. The number of Topliss-reactive ketones (excluding diaryl/α,β-unsaturated/α-hetero) is 1. The molecule has 0 spiro atoms. The molecule has 0 aromatic heterocycles. The molecule has 0 fully saturated rings. The molecule has 3 heteroatoms.